The monoisotopic (exact) mass is 295 g/mol. The lowest BCUT2D eigenvalue weighted by Gasteiger charge is -2.31. The van der Waals surface area contributed by atoms with E-state index in [1.54, 1.807) is 12.1 Å². The number of hydrogen-bond acceptors (Lipinski definition) is 3. The lowest BCUT2D eigenvalue weighted by molar-refractivity contribution is 0.100. The molecule has 1 aromatic carbocycles. The van der Waals surface area contributed by atoms with Gasteiger partial charge in [-0.3, -0.25) is 4.79 Å². The Morgan fingerprint density at radius 3 is 2.60 bits per heavy atom. The number of carbonyl (C=O) groups excluding carboxylic acids is 1. The molecule has 0 radical (unpaired) electrons. The Labute approximate surface area is 124 Å². The first kappa shape index (κ1) is 15.1. The van der Waals surface area contributed by atoms with E-state index in [1.165, 1.54) is 32.1 Å². The topological polar surface area (TPSA) is 81.1 Å². The molecule has 1 saturated carbocycles. The van der Waals surface area contributed by atoms with E-state index >= 15 is 0 Å². The van der Waals surface area contributed by atoms with E-state index in [2.05, 4.69) is 5.32 Å². The number of hydrogen-bond donors (Lipinski definition) is 3. The molecule has 0 bridgehead atoms. The summed E-state index contributed by atoms with van der Waals surface area (Å²) in [6.45, 7) is 0.597. The summed E-state index contributed by atoms with van der Waals surface area (Å²) in [4.78, 5) is 11.2. The summed E-state index contributed by atoms with van der Waals surface area (Å²) in [5, 5.41) is 3.82. The number of rotatable bonds is 5. The van der Waals surface area contributed by atoms with Crippen molar-refractivity contribution in [2.24, 2.45) is 17.4 Å². The number of nitrogens with one attached hydrogen (secondary N) is 1. The van der Waals surface area contributed by atoms with Crippen molar-refractivity contribution in [3.8, 4) is 0 Å². The Morgan fingerprint density at radius 1 is 1.35 bits per heavy atom. The lowest BCUT2D eigenvalue weighted by atomic mass is 9.84. The van der Waals surface area contributed by atoms with Crippen LogP contribution in [0.1, 0.15) is 42.5 Å². The molecule has 1 aliphatic rings. The van der Waals surface area contributed by atoms with E-state index in [-0.39, 0.29) is 6.04 Å². The first-order valence-corrected chi connectivity index (χ1v) is 7.55. The Morgan fingerprint density at radius 2 is 2.05 bits per heavy atom. The molecule has 5 heteroatoms. The molecular formula is C15H22ClN3O. The van der Waals surface area contributed by atoms with Gasteiger partial charge in [0.05, 0.1) is 10.6 Å². The van der Waals surface area contributed by atoms with Crippen LogP contribution >= 0.6 is 11.6 Å². The summed E-state index contributed by atoms with van der Waals surface area (Å²) in [6.07, 6.45) is 6.34. The zero-order chi connectivity index (χ0) is 14.5. The Hall–Kier alpha value is -1.26. The van der Waals surface area contributed by atoms with Crippen molar-refractivity contribution in [1.29, 1.82) is 0 Å². The van der Waals surface area contributed by atoms with E-state index in [1.807, 2.05) is 6.07 Å². The van der Waals surface area contributed by atoms with Gasteiger partial charge in [0.15, 0.2) is 0 Å². The second-order valence-electron chi connectivity index (χ2n) is 5.44. The normalized spacial score (nSPS) is 17.7. The van der Waals surface area contributed by atoms with Crippen molar-refractivity contribution in [1.82, 2.24) is 0 Å². The molecule has 1 aliphatic carbocycles. The summed E-state index contributed by atoms with van der Waals surface area (Å²) in [5.41, 5.74) is 12.4. The molecule has 110 valence electrons. The SMILES string of the molecule is NCC(Nc1ccc(C(N)=O)c(Cl)c1)C1CCCCC1. The highest BCUT2D eigenvalue weighted by molar-refractivity contribution is 6.34. The highest BCUT2D eigenvalue weighted by Crippen LogP contribution is 2.29. The minimum absolute atomic E-state index is 0.255. The van der Waals surface area contributed by atoms with Crippen LogP contribution in [0.25, 0.3) is 0 Å². The van der Waals surface area contributed by atoms with Crippen LogP contribution in [0.2, 0.25) is 5.02 Å². The van der Waals surface area contributed by atoms with E-state index in [9.17, 15) is 4.79 Å². The molecule has 1 amide bonds. The predicted octanol–water partition coefficient (Wildman–Crippen LogP) is 2.76. The third-order valence-corrected chi connectivity index (χ3v) is 4.37. The van der Waals surface area contributed by atoms with Crippen molar-refractivity contribution in [3.63, 3.8) is 0 Å². The smallest absolute Gasteiger partial charge is 0.250 e. The standard InChI is InChI=1S/C15H22ClN3O/c16-13-8-11(6-7-12(13)15(18)20)19-14(9-17)10-4-2-1-3-5-10/h6-8,10,14,19H,1-5,9,17H2,(H2,18,20). The largest absolute Gasteiger partial charge is 0.381 e. The fraction of sp³-hybridized carbons (Fsp3) is 0.533. The fourth-order valence-corrected chi connectivity index (χ4v) is 3.20. The van der Waals surface area contributed by atoms with E-state index < -0.39 is 5.91 Å². The highest BCUT2D eigenvalue weighted by atomic mass is 35.5. The summed E-state index contributed by atoms with van der Waals surface area (Å²) in [6, 6.07) is 5.48. The van der Waals surface area contributed by atoms with Gasteiger partial charge in [0.2, 0.25) is 5.91 Å². The molecule has 0 aromatic heterocycles. The Bertz CT molecular complexity index is 472. The molecular weight excluding hydrogens is 274 g/mol. The van der Waals surface area contributed by atoms with Crippen LogP contribution in [0.15, 0.2) is 18.2 Å². The third kappa shape index (κ3) is 3.64. The van der Waals surface area contributed by atoms with Gasteiger partial charge in [0.25, 0.3) is 0 Å². The molecule has 1 atom stereocenters. The number of primary amides is 1. The molecule has 20 heavy (non-hydrogen) atoms. The zero-order valence-electron chi connectivity index (χ0n) is 11.6. The van der Waals surface area contributed by atoms with Gasteiger partial charge >= 0.3 is 0 Å². The molecule has 0 heterocycles. The number of anilines is 1. The van der Waals surface area contributed by atoms with Crippen molar-refractivity contribution >= 4 is 23.2 Å². The molecule has 5 N–H and O–H groups in total. The molecule has 0 aliphatic heterocycles. The molecule has 4 nitrogen and oxygen atoms in total. The van der Waals surface area contributed by atoms with Crippen LogP contribution in [-0.2, 0) is 0 Å². The molecule has 1 fully saturated rings. The number of benzene rings is 1. The van der Waals surface area contributed by atoms with Gasteiger partial charge in [0, 0.05) is 18.3 Å². The maximum Gasteiger partial charge on any atom is 0.250 e. The molecule has 2 rings (SSSR count). The van der Waals surface area contributed by atoms with Gasteiger partial charge in [-0.1, -0.05) is 30.9 Å². The highest BCUT2D eigenvalue weighted by Gasteiger charge is 2.22. The van der Waals surface area contributed by atoms with Gasteiger partial charge in [-0.15, -0.1) is 0 Å². The van der Waals surface area contributed by atoms with Crippen molar-refractivity contribution in [3.05, 3.63) is 28.8 Å². The maximum atomic E-state index is 11.2. The maximum absolute atomic E-state index is 11.2. The average molecular weight is 296 g/mol. The first-order valence-electron chi connectivity index (χ1n) is 7.17. The van der Waals surface area contributed by atoms with Crippen molar-refractivity contribution in [2.75, 3.05) is 11.9 Å². The van der Waals surface area contributed by atoms with Crippen molar-refractivity contribution in [2.45, 2.75) is 38.1 Å². The second kappa shape index (κ2) is 6.95. The van der Waals surface area contributed by atoms with Crippen LogP contribution in [0.4, 0.5) is 5.69 Å². The quantitative estimate of drug-likeness (QED) is 0.781. The first-order chi connectivity index (χ1) is 9.61. The van der Waals surface area contributed by atoms with Gasteiger partial charge in [-0.25, -0.2) is 0 Å². The zero-order valence-corrected chi connectivity index (χ0v) is 12.3. The fourth-order valence-electron chi connectivity index (χ4n) is 2.92. The van der Waals surface area contributed by atoms with Gasteiger partial charge in [-0.2, -0.15) is 0 Å². The average Bonchev–Trinajstić information content (AvgIpc) is 2.45. The van der Waals surface area contributed by atoms with Crippen LogP contribution in [0.5, 0.6) is 0 Å². The van der Waals surface area contributed by atoms with Gasteiger partial charge in [0.1, 0.15) is 0 Å². The molecule has 0 spiro atoms. The third-order valence-electron chi connectivity index (χ3n) is 4.06. The van der Waals surface area contributed by atoms with Crippen molar-refractivity contribution < 1.29 is 4.79 Å². The van der Waals surface area contributed by atoms with Crippen LogP contribution in [0.3, 0.4) is 0 Å². The minimum Gasteiger partial charge on any atom is -0.381 e. The Balaban J connectivity index is 2.07. The summed E-state index contributed by atoms with van der Waals surface area (Å²) >= 11 is 6.06. The number of carbonyl (C=O) groups is 1. The molecule has 1 aromatic rings. The molecule has 1 unspecified atom stereocenters. The van der Waals surface area contributed by atoms with Gasteiger partial charge < -0.3 is 16.8 Å². The van der Waals surface area contributed by atoms with Gasteiger partial charge in [-0.05, 0) is 37.0 Å². The molecule has 0 saturated heterocycles. The van der Waals surface area contributed by atoms with E-state index in [4.69, 9.17) is 23.1 Å². The van der Waals surface area contributed by atoms with E-state index in [0.717, 1.165) is 5.69 Å². The Kier molecular flexibility index (Phi) is 5.26. The number of halogens is 1. The minimum atomic E-state index is -0.510. The van der Waals surface area contributed by atoms with Crippen LogP contribution in [0, 0.1) is 5.92 Å². The summed E-state index contributed by atoms with van der Waals surface area (Å²) in [5.74, 6) is 0.104. The predicted molar refractivity (Wildman–Crippen MR) is 83.0 cm³/mol. The summed E-state index contributed by atoms with van der Waals surface area (Å²) < 4.78 is 0. The summed E-state index contributed by atoms with van der Waals surface area (Å²) in [7, 11) is 0. The van der Waals surface area contributed by atoms with E-state index in [0.29, 0.717) is 23.0 Å². The lowest BCUT2D eigenvalue weighted by Crippen LogP contribution is -2.37. The van der Waals surface area contributed by atoms with Crippen LogP contribution < -0.4 is 16.8 Å². The van der Waals surface area contributed by atoms with Crippen LogP contribution in [-0.4, -0.2) is 18.5 Å². The number of nitrogens with two attached hydrogens (primary N) is 2. The second-order valence-corrected chi connectivity index (χ2v) is 5.85. The number of amides is 1.